The maximum Gasteiger partial charge on any atom is 0.198 e. The largest absolute Gasteiger partial charge is 0.461 e. The molecule has 1 heterocycles. The third kappa shape index (κ3) is 1.97. The first-order valence-corrected chi connectivity index (χ1v) is 4.18. The highest BCUT2D eigenvalue weighted by Crippen LogP contribution is 2.14. The van der Waals surface area contributed by atoms with Crippen LogP contribution < -0.4 is 0 Å². The summed E-state index contributed by atoms with van der Waals surface area (Å²) in [6, 6.07) is 1.81. The van der Waals surface area contributed by atoms with Gasteiger partial charge in [0.1, 0.15) is 0 Å². The molecule has 2 nitrogen and oxygen atoms in total. The Balaban J connectivity index is 2.72. The minimum atomic E-state index is 0.104. The molecular weight excluding hydrogens is 152 g/mol. The van der Waals surface area contributed by atoms with Gasteiger partial charge in [-0.2, -0.15) is 0 Å². The Morgan fingerprint density at radius 2 is 2.25 bits per heavy atom. The predicted octanol–water partition coefficient (Wildman–Crippen LogP) is 2.82. The van der Waals surface area contributed by atoms with Gasteiger partial charge in [0.2, 0.25) is 0 Å². The van der Waals surface area contributed by atoms with E-state index in [0.717, 1.165) is 5.56 Å². The first-order valence-electron chi connectivity index (χ1n) is 4.18. The Morgan fingerprint density at radius 3 is 2.67 bits per heavy atom. The van der Waals surface area contributed by atoms with Gasteiger partial charge in [-0.25, -0.2) is 0 Å². The Kier molecular flexibility index (Phi) is 2.69. The summed E-state index contributed by atoms with van der Waals surface area (Å²) in [4.78, 5) is 11.4. The summed E-state index contributed by atoms with van der Waals surface area (Å²) in [6.07, 6.45) is 2.12. The van der Waals surface area contributed by atoms with Gasteiger partial charge < -0.3 is 4.42 Å². The number of carbonyl (C=O) groups excluding carboxylic acids is 1. The highest BCUT2D eigenvalue weighted by molar-refractivity contribution is 5.94. The molecule has 0 saturated heterocycles. The second-order valence-electron chi connectivity index (χ2n) is 3.45. The normalized spacial score (nSPS) is 10.7. The summed E-state index contributed by atoms with van der Waals surface area (Å²) in [5.41, 5.74) is 0.931. The SMILES string of the molecule is Cc1ccoc1C(=O)CC(C)C. The fraction of sp³-hybridized carbons (Fsp3) is 0.500. The zero-order valence-corrected chi connectivity index (χ0v) is 7.76. The van der Waals surface area contributed by atoms with E-state index in [1.165, 1.54) is 0 Å². The van der Waals surface area contributed by atoms with Crippen molar-refractivity contribution in [1.29, 1.82) is 0 Å². The Bertz CT molecular complexity index is 271. The molecule has 0 aliphatic heterocycles. The topological polar surface area (TPSA) is 30.2 Å². The Labute approximate surface area is 72.6 Å². The van der Waals surface area contributed by atoms with Gasteiger partial charge in [-0.05, 0) is 24.5 Å². The van der Waals surface area contributed by atoms with E-state index in [2.05, 4.69) is 0 Å². The van der Waals surface area contributed by atoms with Crippen molar-refractivity contribution in [1.82, 2.24) is 0 Å². The van der Waals surface area contributed by atoms with Crippen LogP contribution >= 0.6 is 0 Å². The smallest absolute Gasteiger partial charge is 0.198 e. The van der Waals surface area contributed by atoms with Crippen LogP contribution in [0.4, 0.5) is 0 Å². The third-order valence-corrected chi connectivity index (χ3v) is 1.71. The van der Waals surface area contributed by atoms with Crippen molar-refractivity contribution in [2.45, 2.75) is 27.2 Å². The van der Waals surface area contributed by atoms with E-state index >= 15 is 0 Å². The van der Waals surface area contributed by atoms with E-state index in [1.54, 1.807) is 6.26 Å². The first kappa shape index (κ1) is 9.04. The predicted molar refractivity (Wildman–Crippen MR) is 47.2 cm³/mol. The number of hydrogen-bond donors (Lipinski definition) is 0. The van der Waals surface area contributed by atoms with Crippen LogP contribution in [0.25, 0.3) is 0 Å². The average Bonchev–Trinajstić information content (AvgIpc) is 2.33. The molecular formula is C10H14O2. The van der Waals surface area contributed by atoms with E-state index in [1.807, 2.05) is 26.8 Å². The molecule has 0 spiro atoms. The van der Waals surface area contributed by atoms with E-state index < -0.39 is 0 Å². The van der Waals surface area contributed by atoms with E-state index in [4.69, 9.17) is 4.42 Å². The van der Waals surface area contributed by atoms with Crippen LogP contribution in [0.15, 0.2) is 16.7 Å². The summed E-state index contributed by atoms with van der Waals surface area (Å²) in [7, 11) is 0. The van der Waals surface area contributed by atoms with Crippen LogP contribution in [0.5, 0.6) is 0 Å². The zero-order chi connectivity index (χ0) is 9.14. The maximum absolute atomic E-state index is 11.4. The van der Waals surface area contributed by atoms with E-state index in [9.17, 15) is 4.79 Å². The van der Waals surface area contributed by atoms with E-state index in [0.29, 0.717) is 18.1 Å². The van der Waals surface area contributed by atoms with Crippen LogP contribution in [0.3, 0.4) is 0 Å². The van der Waals surface area contributed by atoms with Crippen molar-refractivity contribution >= 4 is 5.78 Å². The number of hydrogen-bond acceptors (Lipinski definition) is 2. The van der Waals surface area contributed by atoms with Crippen molar-refractivity contribution in [2.75, 3.05) is 0 Å². The quantitative estimate of drug-likeness (QED) is 0.646. The summed E-state index contributed by atoms with van der Waals surface area (Å²) < 4.78 is 5.08. The molecule has 0 amide bonds. The lowest BCUT2D eigenvalue weighted by molar-refractivity contribution is 0.0940. The number of rotatable bonds is 3. The van der Waals surface area contributed by atoms with Crippen LogP contribution in [0.2, 0.25) is 0 Å². The van der Waals surface area contributed by atoms with E-state index in [-0.39, 0.29) is 5.78 Å². The van der Waals surface area contributed by atoms with Crippen LogP contribution in [-0.2, 0) is 0 Å². The highest BCUT2D eigenvalue weighted by Gasteiger charge is 2.13. The molecule has 0 saturated carbocycles. The monoisotopic (exact) mass is 166 g/mol. The zero-order valence-electron chi connectivity index (χ0n) is 7.76. The molecule has 0 unspecified atom stereocenters. The second kappa shape index (κ2) is 3.57. The fourth-order valence-electron chi connectivity index (χ4n) is 1.12. The third-order valence-electron chi connectivity index (χ3n) is 1.71. The van der Waals surface area contributed by atoms with Gasteiger partial charge >= 0.3 is 0 Å². The number of Topliss-reactive ketones (excluding diaryl/α,β-unsaturated/α-hetero) is 1. The van der Waals surface area contributed by atoms with Gasteiger partial charge in [-0.1, -0.05) is 13.8 Å². The van der Waals surface area contributed by atoms with Crippen molar-refractivity contribution < 1.29 is 9.21 Å². The molecule has 0 bridgehead atoms. The lowest BCUT2D eigenvalue weighted by Crippen LogP contribution is -2.03. The molecule has 0 aliphatic carbocycles. The molecule has 2 heteroatoms. The number of carbonyl (C=O) groups is 1. The van der Waals surface area contributed by atoms with Crippen molar-refractivity contribution in [2.24, 2.45) is 5.92 Å². The van der Waals surface area contributed by atoms with Gasteiger partial charge in [-0.15, -0.1) is 0 Å². The summed E-state index contributed by atoms with van der Waals surface area (Å²) in [5.74, 6) is 1.01. The number of furan rings is 1. The first-order chi connectivity index (χ1) is 5.61. The second-order valence-corrected chi connectivity index (χ2v) is 3.45. The highest BCUT2D eigenvalue weighted by atomic mass is 16.3. The van der Waals surface area contributed by atoms with Crippen molar-refractivity contribution in [3.8, 4) is 0 Å². The average molecular weight is 166 g/mol. The van der Waals surface area contributed by atoms with Crippen LogP contribution in [-0.4, -0.2) is 5.78 Å². The number of aryl methyl sites for hydroxylation is 1. The van der Waals surface area contributed by atoms with Gasteiger partial charge in [0, 0.05) is 6.42 Å². The van der Waals surface area contributed by atoms with Crippen molar-refractivity contribution in [3.63, 3.8) is 0 Å². The number of ketones is 1. The minimum absolute atomic E-state index is 0.104. The summed E-state index contributed by atoms with van der Waals surface area (Å²) in [5, 5.41) is 0. The summed E-state index contributed by atoms with van der Waals surface area (Å²) >= 11 is 0. The van der Waals surface area contributed by atoms with Crippen LogP contribution in [0.1, 0.15) is 36.4 Å². The molecule has 0 fully saturated rings. The standard InChI is InChI=1S/C10H14O2/c1-7(2)6-9(11)10-8(3)4-5-12-10/h4-5,7H,6H2,1-3H3. The molecule has 12 heavy (non-hydrogen) atoms. The molecule has 0 atom stereocenters. The van der Waals surface area contributed by atoms with Crippen LogP contribution in [0, 0.1) is 12.8 Å². The van der Waals surface area contributed by atoms with Gasteiger partial charge in [0.05, 0.1) is 6.26 Å². The Hall–Kier alpha value is -1.05. The fourth-order valence-corrected chi connectivity index (χ4v) is 1.12. The van der Waals surface area contributed by atoms with Gasteiger partial charge in [0.15, 0.2) is 11.5 Å². The molecule has 0 radical (unpaired) electrons. The Morgan fingerprint density at radius 1 is 1.58 bits per heavy atom. The van der Waals surface area contributed by atoms with Crippen molar-refractivity contribution in [3.05, 3.63) is 23.7 Å². The molecule has 0 aliphatic rings. The molecule has 66 valence electrons. The molecule has 1 rings (SSSR count). The molecule has 1 aromatic rings. The van der Waals surface area contributed by atoms with Gasteiger partial charge in [0.25, 0.3) is 0 Å². The molecule has 0 N–H and O–H groups in total. The minimum Gasteiger partial charge on any atom is -0.461 e. The maximum atomic E-state index is 11.4. The molecule has 1 aromatic heterocycles. The lowest BCUT2D eigenvalue weighted by atomic mass is 10.0. The lowest BCUT2D eigenvalue weighted by Gasteiger charge is -2.01. The van der Waals surface area contributed by atoms with Gasteiger partial charge in [-0.3, -0.25) is 4.79 Å². The summed E-state index contributed by atoms with van der Waals surface area (Å²) in [6.45, 7) is 5.93. The molecule has 0 aromatic carbocycles.